The summed E-state index contributed by atoms with van der Waals surface area (Å²) in [6.45, 7) is 8.27. The zero-order valence-corrected chi connectivity index (χ0v) is 25.5. The maximum atomic E-state index is 6.04. The van der Waals surface area contributed by atoms with Crippen LogP contribution in [0.3, 0.4) is 0 Å². The Balaban J connectivity index is 0.00000222. The van der Waals surface area contributed by atoms with Crippen LogP contribution in [0.25, 0.3) is 22.6 Å². The van der Waals surface area contributed by atoms with Crippen molar-refractivity contribution in [2.45, 2.75) is 59.6 Å². The molecule has 0 N–H and O–H groups in total. The molecule has 0 saturated heterocycles. The highest BCUT2D eigenvalue weighted by molar-refractivity contribution is 9.10. The van der Waals surface area contributed by atoms with Gasteiger partial charge in [-0.3, -0.25) is 0 Å². The van der Waals surface area contributed by atoms with Gasteiger partial charge in [0.25, 0.3) is 0 Å². The number of aromatic nitrogens is 2. The summed E-state index contributed by atoms with van der Waals surface area (Å²) in [6, 6.07) is 16.5. The molecule has 2 aromatic carbocycles. The van der Waals surface area contributed by atoms with Crippen molar-refractivity contribution in [3.63, 3.8) is 0 Å². The largest absolute Gasteiger partial charge is 0.494 e. The van der Waals surface area contributed by atoms with Crippen molar-refractivity contribution >= 4 is 26.0 Å². The van der Waals surface area contributed by atoms with E-state index in [-0.39, 0.29) is 0 Å². The number of hydrogen-bond acceptors (Lipinski definition) is 3. The van der Waals surface area contributed by atoms with Gasteiger partial charge in [0, 0.05) is 27.5 Å². The molecule has 0 aliphatic heterocycles. The standard InChI is InChI=1S/C28H39BrN2O2S.C2H6/c1-5-6-7-8-9-18-33-26-16-12-23(13-17-26)27-21-31(22-32-19-20-34(2,3)4)28(30-27)24-10-14-25(29)15-11-24;1-2/h10-17,21H,5-9,18-20,22H2,1-4H3;1-2H3. The van der Waals surface area contributed by atoms with Crippen molar-refractivity contribution in [3.8, 4) is 28.4 Å². The van der Waals surface area contributed by atoms with Crippen molar-refractivity contribution in [3.05, 3.63) is 59.2 Å². The zero-order chi connectivity index (χ0) is 26.4. The van der Waals surface area contributed by atoms with Crippen LogP contribution in [0, 0.1) is 0 Å². The summed E-state index contributed by atoms with van der Waals surface area (Å²) in [5.74, 6) is 2.93. The second-order valence-corrected chi connectivity index (χ2v) is 15.1. The van der Waals surface area contributed by atoms with Crippen LogP contribution in [0.2, 0.25) is 0 Å². The van der Waals surface area contributed by atoms with Crippen LogP contribution < -0.4 is 4.74 Å². The van der Waals surface area contributed by atoms with Crippen molar-refractivity contribution in [2.75, 3.05) is 37.7 Å². The van der Waals surface area contributed by atoms with Crippen LogP contribution in [0.1, 0.15) is 52.9 Å². The number of unbranched alkanes of at least 4 members (excludes halogenated alkanes) is 4. The van der Waals surface area contributed by atoms with E-state index in [4.69, 9.17) is 14.5 Å². The molecular weight excluding hydrogens is 532 g/mol. The van der Waals surface area contributed by atoms with Gasteiger partial charge < -0.3 is 14.0 Å². The van der Waals surface area contributed by atoms with Crippen molar-refractivity contribution in [1.29, 1.82) is 0 Å². The summed E-state index contributed by atoms with van der Waals surface area (Å²) in [5.41, 5.74) is 3.09. The molecule has 3 aromatic rings. The third-order valence-electron chi connectivity index (χ3n) is 5.62. The van der Waals surface area contributed by atoms with Crippen LogP contribution in [0.5, 0.6) is 5.75 Å². The first-order valence-electron chi connectivity index (χ1n) is 13.2. The monoisotopic (exact) mass is 576 g/mol. The summed E-state index contributed by atoms with van der Waals surface area (Å²) in [5, 5.41) is 0. The molecule has 6 heteroatoms. The van der Waals surface area contributed by atoms with E-state index in [1.54, 1.807) is 0 Å². The number of ether oxygens (including phenoxy) is 2. The summed E-state index contributed by atoms with van der Waals surface area (Å²) < 4.78 is 15.1. The molecule has 0 spiro atoms. The van der Waals surface area contributed by atoms with Crippen molar-refractivity contribution in [2.24, 2.45) is 0 Å². The quantitative estimate of drug-likeness (QED) is 0.179. The SMILES string of the molecule is CC.CCCCCCCOc1ccc(-c2cn(COCCS(C)(C)C)c(-c3ccc(Br)cc3)n2)cc1. The summed E-state index contributed by atoms with van der Waals surface area (Å²) in [6.07, 6.45) is 15.3. The van der Waals surface area contributed by atoms with E-state index in [9.17, 15) is 0 Å². The third kappa shape index (κ3) is 10.7. The van der Waals surface area contributed by atoms with Crippen LogP contribution in [0.15, 0.2) is 59.2 Å². The second-order valence-electron chi connectivity index (χ2n) is 9.55. The minimum atomic E-state index is -0.567. The van der Waals surface area contributed by atoms with Gasteiger partial charge in [-0.25, -0.2) is 15.0 Å². The molecule has 1 heterocycles. The maximum Gasteiger partial charge on any atom is 0.142 e. The van der Waals surface area contributed by atoms with Gasteiger partial charge in [-0.05, 0) is 61.6 Å². The lowest BCUT2D eigenvalue weighted by Crippen LogP contribution is -2.10. The van der Waals surface area contributed by atoms with Crippen LogP contribution >= 0.6 is 26.0 Å². The molecule has 0 radical (unpaired) electrons. The number of benzene rings is 2. The Bertz CT molecular complexity index is 995. The molecule has 0 saturated carbocycles. The molecule has 4 nitrogen and oxygen atoms in total. The highest BCUT2D eigenvalue weighted by Gasteiger charge is 2.13. The first-order valence-corrected chi connectivity index (χ1v) is 17.0. The Morgan fingerprint density at radius 3 is 2.11 bits per heavy atom. The number of rotatable bonds is 14. The van der Waals surface area contributed by atoms with Gasteiger partial charge in [-0.1, -0.05) is 74.5 Å². The first kappa shape index (κ1) is 30.5. The predicted octanol–water partition coefficient (Wildman–Crippen LogP) is 9.02. The lowest BCUT2D eigenvalue weighted by molar-refractivity contribution is 0.0908. The van der Waals surface area contributed by atoms with Crippen LogP contribution in [0.4, 0.5) is 0 Å². The Morgan fingerprint density at radius 2 is 1.47 bits per heavy atom. The van der Waals surface area contributed by atoms with Gasteiger partial charge in [-0.2, -0.15) is 0 Å². The zero-order valence-electron chi connectivity index (χ0n) is 23.1. The average molecular weight is 578 g/mol. The molecule has 36 heavy (non-hydrogen) atoms. The Kier molecular flexibility index (Phi) is 13.7. The molecule has 3 rings (SSSR count). The summed E-state index contributed by atoms with van der Waals surface area (Å²) in [4.78, 5) is 4.97. The Morgan fingerprint density at radius 1 is 0.833 bits per heavy atom. The topological polar surface area (TPSA) is 36.3 Å². The number of halogens is 1. The fraction of sp³-hybridized carbons (Fsp3) is 0.500. The normalized spacial score (nSPS) is 11.6. The molecular formula is C30H45BrN2O2S. The Hall–Kier alpha value is -1.76. The van der Waals surface area contributed by atoms with E-state index in [1.165, 1.54) is 25.7 Å². The fourth-order valence-electron chi connectivity index (χ4n) is 3.57. The molecule has 1 aromatic heterocycles. The summed E-state index contributed by atoms with van der Waals surface area (Å²) in [7, 11) is -0.567. The van der Waals surface area contributed by atoms with Gasteiger partial charge >= 0.3 is 0 Å². The number of nitrogens with zero attached hydrogens (tertiary/aromatic N) is 2. The van der Waals surface area contributed by atoms with Crippen LogP contribution in [-0.2, 0) is 11.5 Å². The molecule has 0 unspecified atom stereocenters. The van der Waals surface area contributed by atoms with E-state index in [1.807, 2.05) is 38.1 Å². The average Bonchev–Trinajstić information content (AvgIpc) is 3.29. The second kappa shape index (κ2) is 16.2. The summed E-state index contributed by atoms with van der Waals surface area (Å²) >= 11 is 3.53. The van der Waals surface area contributed by atoms with Crippen LogP contribution in [-0.4, -0.2) is 47.3 Å². The molecule has 0 aliphatic rings. The van der Waals surface area contributed by atoms with Crippen molar-refractivity contribution in [1.82, 2.24) is 9.55 Å². The van der Waals surface area contributed by atoms with Gasteiger partial charge in [0.15, 0.2) is 0 Å². The van der Waals surface area contributed by atoms with E-state index in [0.29, 0.717) is 6.73 Å². The number of hydrogen-bond donors (Lipinski definition) is 0. The van der Waals surface area contributed by atoms with Gasteiger partial charge in [0.2, 0.25) is 0 Å². The molecule has 200 valence electrons. The number of imidazole rings is 1. The maximum absolute atomic E-state index is 6.04. The first-order chi connectivity index (χ1) is 17.4. The fourth-order valence-corrected chi connectivity index (χ4v) is 4.45. The van der Waals surface area contributed by atoms with Gasteiger partial charge in [0.1, 0.15) is 18.3 Å². The van der Waals surface area contributed by atoms with Crippen molar-refractivity contribution < 1.29 is 9.47 Å². The van der Waals surface area contributed by atoms with E-state index in [2.05, 4.69) is 76.7 Å². The Labute approximate surface area is 229 Å². The van der Waals surface area contributed by atoms with E-state index >= 15 is 0 Å². The lowest BCUT2D eigenvalue weighted by Gasteiger charge is -2.24. The molecule has 0 atom stereocenters. The van der Waals surface area contributed by atoms with E-state index in [0.717, 1.165) is 58.3 Å². The smallest absolute Gasteiger partial charge is 0.142 e. The van der Waals surface area contributed by atoms with Gasteiger partial charge in [0.05, 0.1) is 18.9 Å². The highest BCUT2D eigenvalue weighted by Crippen LogP contribution is 2.33. The third-order valence-corrected chi connectivity index (χ3v) is 7.54. The molecule has 0 bridgehead atoms. The molecule has 0 fully saturated rings. The molecule has 0 aliphatic carbocycles. The minimum absolute atomic E-state index is 0.493. The minimum Gasteiger partial charge on any atom is -0.494 e. The lowest BCUT2D eigenvalue weighted by atomic mass is 10.1. The highest BCUT2D eigenvalue weighted by atomic mass is 79.9. The predicted molar refractivity (Wildman–Crippen MR) is 163 cm³/mol. The van der Waals surface area contributed by atoms with E-state index < -0.39 is 10.0 Å². The molecule has 0 amide bonds. The van der Waals surface area contributed by atoms with Gasteiger partial charge in [-0.15, -0.1) is 0 Å².